The second-order valence-electron chi connectivity index (χ2n) is 6.63. The van der Waals surface area contributed by atoms with E-state index in [1.54, 1.807) is 0 Å². The molecule has 0 saturated carbocycles. The van der Waals surface area contributed by atoms with Gasteiger partial charge in [0.1, 0.15) is 0 Å². The maximum absolute atomic E-state index is 2.28. The van der Waals surface area contributed by atoms with E-state index >= 15 is 0 Å². The number of hydrogen-bond acceptors (Lipinski definition) is 0. The molecule has 0 nitrogen and oxygen atoms in total. The monoisotopic (exact) mass is 330 g/mol. The first kappa shape index (κ1) is 14.9. The molecule has 0 bridgehead atoms. The maximum atomic E-state index is 2.28. The summed E-state index contributed by atoms with van der Waals surface area (Å²) in [6.45, 7) is 0. The van der Waals surface area contributed by atoms with Gasteiger partial charge in [0, 0.05) is 0 Å². The van der Waals surface area contributed by atoms with Gasteiger partial charge in [0.15, 0.2) is 0 Å². The largest absolute Gasteiger partial charge is 0.0616 e. The van der Waals surface area contributed by atoms with E-state index in [-0.39, 0.29) is 0 Å². The molecule has 26 heavy (non-hydrogen) atoms. The van der Waals surface area contributed by atoms with Gasteiger partial charge in [0.2, 0.25) is 0 Å². The van der Waals surface area contributed by atoms with Crippen LogP contribution in [-0.4, -0.2) is 0 Å². The summed E-state index contributed by atoms with van der Waals surface area (Å²) in [4.78, 5) is 0. The zero-order chi connectivity index (χ0) is 17.3. The van der Waals surface area contributed by atoms with Gasteiger partial charge >= 0.3 is 0 Å². The summed E-state index contributed by atoms with van der Waals surface area (Å²) in [6.07, 6.45) is 4.52. The molecule has 5 aromatic carbocycles. The van der Waals surface area contributed by atoms with Crippen molar-refractivity contribution in [1.82, 2.24) is 0 Å². The zero-order valence-corrected chi connectivity index (χ0v) is 14.4. The van der Waals surface area contributed by atoms with Gasteiger partial charge in [0.25, 0.3) is 0 Å². The van der Waals surface area contributed by atoms with E-state index in [1.165, 1.54) is 43.4 Å². The Labute approximate surface area is 153 Å². The summed E-state index contributed by atoms with van der Waals surface area (Å²) in [5.74, 6) is 0. The molecule has 0 fully saturated rings. The van der Waals surface area contributed by atoms with E-state index in [2.05, 4.69) is 109 Å². The number of fused-ring (bicyclic) bond motifs is 3. The van der Waals surface area contributed by atoms with Gasteiger partial charge in [-0.1, -0.05) is 103 Å². The second-order valence-corrected chi connectivity index (χ2v) is 6.63. The van der Waals surface area contributed by atoms with E-state index in [1.807, 2.05) is 0 Å². The van der Waals surface area contributed by atoms with Crippen molar-refractivity contribution in [3.05, 3.63) is 108 Å². The Hall–Kier alpha value is -3.38. The van der Waals surface area contributed by atoms with Gasteiger partial charge in [-0.2, -0.15) is 0 Å². The molecule has 0 aliphatic rings. The van der Waals surface area contributed by atoms with Crippen LogP contribution in [0.5, 0.6) is 0 Å². The average molecular weight is 330 g/mol. The molecule has 0 N–H and O–H groups in total. The summed E-state index contributed by atoms with van der Waals surface area (Å²) in [5, 5.41) is 7.71. The average Bonchev–Trinajstić information content (AvgIpc) is 2.71. The van der Waals surface area contributed by atoms with Gasteiger partial charge in [-0.25, -0.2) is 0 Å². The minimum Gasteiger partial charge on any atom is -0.0616 e. The fraction of sp³-hybridized carbons (Fsp3) is 0. The lowest BCUT2D eigenvalue weighted by molar-refractivity contribution is 1.71. The van der Waals surface area contributed by atoms with Crippen molar-refractivity contribution in [2.24, 2.45) is 0 Å². The third kappa shape index (κ3) is 2.48. The van der Waals surface area contributed by atoms with E-state index in [9.17, 15) is 0 Å². The Bertz CT molecular complexity index is 1220. The molecule has 0 heteroatoms. The van der Waals surface area contributed by atoms with Crippen molar-refractivity contribution in [2.45, 2.75) is 0 Å². The molecule has 0 aliphatic heterocycles. The van der Waals surface area contributed by atoms with Gasteiger partial charge < -0.3 is 0 Å². The van der Waals surface area contributed by atoms with Crippen molar-refractivity contribution in [1.29, 1.82) is 0 Å². The third-order valence-corrected chi connectivity index (χ3v) is 5.07. The third-order valence-electron chi connectivity index (χ3n) is 5.07. The fourth-order valence-electron chi connectivity index (χ4n) is 3.80. The lowest BCUT2D eigenvalue weighted by Crippen LogP contribution is -1.83. The first-order valence-electron chi connectivity index (χ1n) is 8.96. The lowest BCUT2D eigenvalue weighted by Gasteiger charge is -2.09. The Morgan fingerprint density at radius 1 is 0.423 bits per heavy atom. The van der Waals surface area contributed by atoms with Crippen LogP contribution in [0.25, 0.3) is 44.5 Å². The molecule has 0 spiro atoms. The standard InChI is InChI=1S/C26H18/c1-4-13-23-19(8-1)11-7-12-20(23)16-17-26-24-14-5-2-9-21(24)18-22-10-3-6-15-25(22)26/h1-18H. The summed E-state index contributed by atoms with van der Waals surface area (Å²) < 4.78 is 0. The molecule has 0 atom stereocenters. The Balaban J connectivity index is 1.76. The van der Waals surface area contributed by atoms with Gasteiger partial charge in [-0.15, -0.1) is 0 Å². The molecule has 0 amide bonds. The van der Waals surface area contributed by atoms with Crippen LogP contribution in [0.15, 0.2) is 97.1 Å². The highest BCUT2D eigenvalue weighted by atomic mass is 14.1. The van der Waals surface area contributed by atoms with Crippen LogP contribution < -0.4 is 0 Å². The Morgan fingerprint density at radius 2 is 0.962 bits per heavy atom. The molecule has 0 saturated heterocycles. The minimum atomic E-state index is 1.25. The maximum Gasteiger partial charge on any atom is -0.00992 e. The van der Waals surface area contributed by atoms with Crippen LogP contribution in [0.1, 0.15) is 11.1 Å². The van der Waals surface area contributed by atoms with Crippen LogP contribution in [0.4, 0.5) is 0 Å². The predicted molar refractivity (Wildman–Crippen MR) is 114 cm³/mol. The SMILES string of the molecule is C(=Cc1c2ccccc2cc2ccccc12)c1cccc2ccccc12. The molecule has 0 aromatic heterocycles. The molecule has 0 heterocycles. The van der Waals surface area contributed by atoms with Crippen LogP contribution >= 0.6 is 0 Å². The van der Waals surface area contributed by atoms with Crippen LogP contribution in [0, 0.1) is 0 Å². The smallest absolute Gasteiger partial charge is 0.00992 e. The minimum absolute atomic E-state index is 1.25. The molecule has 5 rings (SSSR count). The van der Waals surface area contributed by atoms with Crippen molar-refractivity contribution in [3.63, 3.8) is 0 Å². The summed E-state index contributed by atoms with van der Waals surface area (Å²) in [5.41, 5.74) is 2.53. The number of hydrogen-bond donors (Lipinski definition) is 0. The van der Waals surface area contributed by atoms with Crippen molar-refractivity contribution in [2.75, 3.05) is 0 Å². The van der Waals surface area contributed by atoms with E-state index < -0.39 is 0 Å². The molecule has 0 radical (unpaired) electrons. The molecule has 0 aliphatic carbocycles. The first-order chi connectivity index (χ1) is 12.9. The first-order valence-corrected chi connectivity index (χ1v) is 8.96. The molecular weight excluding hydrogens is 312 g/mol. The summed E-state index contributed by atoms with van der Waals surface area (Å²) >= 11 is 0. The van der Waals surface area contributed by atoms with E-state index in [4.69, 9.17) is 0 Å². The number of rotatable bonds is 2. The molecule has 0 unspecified atom stereocenters. The topological polar surface area (TPSA) is 0 Å². The quantitative estimate of drug-likeness (QED) is 0.235. The van der Waals surface area contributed by atoms with Gasteiger partial charge in [-0.3, -0.25) is 0 Å². The fourth-order valence-corrected chi connectivity index (χ4v) is 3.80. The highest BCUT2D eigenvalue weighted by Gasteiger charge is 2.05. The highest BCUT2D eigenvalue weighted by Crippen LogP contribution is 2.30. The Kier molecular flexibility index (Phi) is 3.54. The van der Waals surface area contributed by atoms with Crippen LogP contribution in [-0.2, 0) is 0 Å². The van der Waals surface area contributed by atoms with Crippen LogP contribution in [0.3, 0.4) is 0 Å². The zero-order valence-electron chi connectivity index (χ0n) is 14.4. The Morgan fingerprint density at radius 3 is 1.65 bits per heavy atom. The van der Waals surface area contributed by atoms with Gasteiger partial charge in [-0.05, 0) is 49.5 Å². The lowest BCUT2D eigenvalue weighted by atomic mass is 9.95. The van der Waals surface area contributed by atoms with Crippen molar-refractivity contribution >= 4 is 44.5 Å². The summed E-state index contributed by atoms with van der Waals surface area (Å²) in [6, 6.07) is 34.6. The van der Waals surface area contributed by atoms with E-state index in [0.717, 1.165) is 0 Å². The number of benzene rings is 5. The van der Waals surface area contributed by atoms with Crippen molar-refractivity contribution < 1.29 is 0 Å². The van der Waals surface area contributed by atoms with Crippen LogP contribution in [0.2, 0.25) is 0 Å². The molecular formula is C26H18. The second kappa shape index (κ2) is 6.16. The molecule has 5 aromatic rings. The molecule has 122 valence electrons. The van der Waals surface area contributed by atoms with Crippen molar-refractivity contribution in [3.8, 4) is 0 Å². The summed E-state index contributed by atoms with van der Waals surface area (Å²) in [7, 11) is 0. The predicted octanol–water partition coefficient (Wildman–Crippen LogP) is 7.32. The van der Waals surface area contributed by atoms with E-state index in [0.29, 0.717) is 0 Å². The van der Waals surface area contributed by atoms with Gasteiger partial charge in [0.05, 0.1) is 0 Å². The highest BCUT2D eigenvalue weighted by molar-refractivity contribution is 6.08. The normalized spacial score (nSPS) is 11.7.